The van der Waals surface area contributed by atoms with Crippen molar-refractivity contribution in [1.82, 2.24) is 20.2 Å². The van der Waals surface area contributed by atoms with Gasteiger partial charge in [-0.3, -0.25) is 4.79 Å². The molecule has 0 saturated carbocycles. The first-order valence-electron chi connectivity index (χ1n) is 8.40. The average Bonchev–Trinajstić information content (AvgIpc) is 3.17. The molecule has 8 nitrogen and oxygen atoms in total. The number of ether oxygens (including phenoxy) is 1. The Morgan fingerprint density at radius 1 is 1.19 bits per heavy atom. The van der Waals surface area contributed by atoms with Gasteiger partial charge in [-0.1, -0.05) is 18.2 Å². The summed E-state index contributed by atoms with van der Waals surface area (Å²) in [4.78, 5) is 24.5. The Balaban J connectivity index is 1.85. The molecule has 3 aromatic rings. The quantitative estimate of drug-likeness (QED) is 0.698. The Morgan fingerprint density at radius 3 is 2.74 bits per heavy atom. The Labute approximate surface area is 156 Å². The first-order valence-corrected chi connectivity index (χ1v) is 8.40. The number of amides is 1. The number of aromatic nitrogens is 4. The van der Waals surface area contributed by atoms with Crippen LogP contribution in [-0.4, -0.2) is 39.2 Å². The molecule has 0 unspecified atom stereocenters. The van der Waals surface area contributed by atoms with Crippen LogP contribution in [0.15, 0.2) is 42.5 Å². The maximum atomic E-state index is 12.6. The van der Waals surface area contributed by atoms with Gasteiger partial charge in [-0.05, 0) is 54.1 Å². The summed E-state index contributed by atoms with van der Waals surface area (Å²) < 4.78 is 6.42. The third-order valence-electron chi connectivity index (χ3n) is 4.12. The van der Waals surface area contributed by atoms with E-state index in [4.69, 9.17) is 4.74 Å². The lowest BCUT2D eigenvalue weighted by molar-refractivity contribution is 0.0599. The molecular formula is C19H19N5O3. The molecule has 0 fully saturated rings. The van der Waals surface area contributed by atoms with E-state index in [9.17, 15) is 9.59 Å². The van der Waals surface area contributed by atoms with Gasteiger partial charge in [0, 0.05) is 23.4 Å². The highest BCUT2D eigenvalue weighted by Gasteiger charge is 2.14. The molecule has 0 bridgehead atoms. The number of aryl methyl sites for hydroxylation is 2. The number of esters is 1. The van der Waals surface area contributed by atoms with Crippen molar-refractivity contribution in [2.45, 2.75) is 20.4 Å². The molecule has 8 heteroatoms. The summed E-state index contributed by atoms with van der Waals surface area (Å²) in [5, 5.41) is 14.4. The third kappa shape index (κ3) is 3.84. The highest BCUT2D eigenvalue weighted by Crippen LogP contribution is 2.20. The Bertz CT molecular complexity index is 997. The van der Waals surface area contributed by atoms with E-state index in [0.717, 1.165) is 11.1 Å². The van der Waals surface area contributed by atoms with E-state index in [1.807, 2.05) is 13.0 Å². The van der Waals surface area contributed by atoms with Crippen molar-refractivity contribution in [2.24, 2.45) is 0 Å². The van der Waals surface area contributed by atoms with Crippen LogP contribution in [0.25, 0.3) is 11.4 Å². The molecule has 0 radical (unpaired) electrons. The van der Waals surface area contributed by atoms with E-state index in [2.05, 4.69) is 20.8 Å². The summed E-state index contributed by atoms with van der Waals surface area (Å²) in [5.41, 5.74) is 2.89. The van der Waals surface area contributed by atoms with Crippen LogP contribution in [0.1, 0.15) is 33.2 Å². The van der Waals surface area contributed by atoms with Crippen LogP contribution in [0, 0.1) is 6.92 Å². The summed E-state index contributed by atoms with van der Waals surface area (Å²) in [6.45, 7) is 4.37. The van der Waals surface area contributed by atoms with Gasteiger partial charge in [-0.15, -0.1) is 5.10 Å². The van der Waals surface area contributed by atoms with Gasteiger partial charge in [-0.2, -0.15) is 0 Å². The van der Waals surface area contributed by atoms with Crippen molar-refractivity contribution < 1.29 is 14.3 Å². The minimum Gasteiger partial charge on any atom is -0.465 e. The van der Waals surface area contributed by atoms with Crippen molar-refractivity contribution in [3.05, 3.63) is 59.2 Å². The molecule has 0 aliphatic rings. The molecular weight excluding hydrogens is 346 g/mol. The lowest BCUT2D eigenvalue weighted by Gasteiger charge is -2.10. The smallest absolute Gasteiger partial charge is 0.338 e. The number of carbonyl (C=O) groups is 2. The lowest BCUT2D eigenvalue weighted by Crippen LogP contribution is -2.13. The molecule has 0 aliphatic heterocycles. The maximum Gasteiger partial charge on any atom is 0.338 e. The topological polar surface area (TPSA) is 99.0 Å². The molecule has 138 valence electrons. The van der Waals surface area contributed by atoms with Crippen molar-refractivity contribution in [1.29, 1.82) is 0 Å². The van der Waals surface area contributed by atoms with Crippen LogP contribution >= 0.6 is 0 Å². The highest BCUT2D eigenvalue weighted by molar-refractivity contribution is 6.05. The number of carbonyl (C=O) groups excluding carboxylic acids is 2. The standard InChI is InChI=1S/C19H19N5O3/c1-4-24-17(21-22-23-24)13-6-5-7-14(10-13)18(25)20-15-9-8-12(2)16(11-15)19(26)27-3/h5-11H,4H2,1-3H3,(H,20,25). The van der Waals surface area contributed by atoms with Gasteiger partial charge in [0.25, 0.3) is 5.91 Å². The Morgan fingerprint density at radius 2 is 2.00 bits per heavy atom. The predicted octanol–water partition coefficient (Wildman–Crippen LogP) is 2.71. The van der Waals surface area contributed by atoms with Gasteiger partial charge in [0.15, 0.2) is 5.82 Å². The fourth-order valence-electron chi connectivity index (χ4n) is 2.66. The van der Waals surface area contributed by atoms with Gasteiger partial charge >= 0.3 is 5.97 Å². The van der Waals surface area contributed by atoms with Crippen LogP contribution in [0.5, 0.6) is 0 Å². The summed E-state index contributed by atoms with van der Waals surface area (Å²) in [5.74, 6) is -0.153. The van der Waals surface area contributed by atoms with E-state index in [1.54, 1.807) is 48.0 Å². The first-order chi connectivity index (χ1) is 13.0. The molecule has 2 aromatic carbocycles. The molecule has 0 spiro atoms. The Hall–Kier alpha value is -3.55. The summed E-state index contributed by atoms with van der Waals surface area (Å²) in [7, 11) is 1.32. The van der Waals surface area contributed by atoms with Crippen molar-refractivity contribution in [2.75, 3.05) is 12.4 Å². The Kier molecular flexibility index (Phi) is 5.25. The minimum absolute atomic E-state index is 0.299. The zero-order valence-electron chi connectivity index (χ0n) is 15.3. The fraction of sp³-hybridized carbons (Fsp3) is 0.211. The molecule has 0 atom stereocenters. The number of hydrogen-bond acceptors (Lipinski definition) is 6. The summed E-state index contributed by atoms with van der Waals surface area (Å²) in [6, 6.07) is 12.1. The van der Waals surface area contributed by atoms with Crippen LogP contribution in [0.4, 0.5) is 5.69 Å². The van der Waals surface area contributed by atoms with Gasteiger partial charge in [-0.25, -0.2) is 9.48 Å². The van der Waals surface area contributed by atoms with E-state index in [1.165, 1.54) is 7.11 Å². The van der Waals surface area contributed by atoms with Crippen molar-refractivity contribution in [3.63, 3.8) is 0 Å². The van der Waals surface area contributed by atoms with Crippen LogP contribution in [0.2, 0.25) is 0 Å². The highest BCUT2D eigenvalue weighted by atomic mass is 16.5. The molecule has 0 saturated heterocycles. The number of rotatable bonds is 5. The van der Waals surface area contributed by atoms with Gasteiger partial charge in [0.2, 0.25) is 0 Å². The zero-order chi connectivity index (χ0) is 19.4. The number of anilines is 1. The number of nitrogens with one attached hydrogen (secondary N) is 1. The van der Waals surface area contributed by atoms with E-state index < -0.39 is 5.97 Å². The molecule has 1 heterocycles. The van der Waals surface area contributed by atoms with E-state index in [0.29, 0.717) is 29.2 Å². The van der Waals surface area contributed by atoms with Crippen molar-refractivity contribution in [3.8, 4) is 11.4 Å². The minimum atomic E-state index is -0.447. The fourth-order valence-corrected chi connectivity index (χ4v) is 2.66. The second-order valence-corrected chi connectivity index (χ2v) is 5.87. The average molecular weight is 365 g/mol. The number of methoxy groups -OCH3 is 1. The van der Waals surface area contributed by atoms with Crippen molar-refractivity contribution >= 4 is 17.6 Å². The maximum absolute atomic E-state index is 12.6. The number of nitrogens with zero attached hydrogens (tertiary/aromatic N) is 4. The number of benzene rings is 2. The molecule has 1 aromatic heterocycles. The molecule has 0 aliphatic carbocycles. The van der Waals surface area contributed by atoms with Gasteiger partial charge in [0.05, 0.1) is 12.7 Å². The lowest BCUT2D eigenvalue weighted by atomic mass is 10.1. The summed E-state index contributed by atoms with van der Waals surface area (Å²) in [6.07, 6.45) is 0. The van der Waals surface area contributed by atoms with Crippen LogP contribution in [0.3, 0.4) is 0 Å². The molecule has 1 N–H and O–H groups in total. The summed E-state index contributed by atoms with van der Waals surface area (Å²) >= 11 is 0. The van der Waals surface area contributed by atoms with Crippen LogP contribution < -0.4 is 5.32 Å². The van der Waals surface area contributed by atoms with Crippen LogP contribution in [-0.2, 0) is 11.3 Å². The normalized spacial score (nSPS) is 10.5. The predicted molar refractivity (Wildman–Crippen MR) is 99.4 cm³/mol. The van der Waals surface area contributed by atoms with Gasteiger partial charge < -0.3 is 10.1 Å². The zero-order valence-corrected chi connectivity index (χ0v) is 15.3. The SMILES string of the molecule is CCn1nnnc1-c1cccc(C(=O)Nc2ccc(C)c(C(=O)OC)c2)c1. The monoisotopic (exact) mass is 365 g/mol. The largest absolute Gasteiger partial charge is 0.465 e. The second-order valence-electron chi connectivity index (χ2n) is 5.87. The van der Waals surface area contributed by atoms with E-state index in [-0.39, 0.29) is 5.91 Å². The second kappa shape index (κ2) is 7.77. The number of tetrazole rings is 1. The molecule has 3 rings (SSSR count). The molecule has 27 heavy (non-hydrogen) atoms. The first kappa shape index (κ1) is 18.2. The van der Waals surface area contributed by atoms with Gasteiger partial charge in [0.1, 0.15) is 0 Å². The molecule has 1 amide bonds. The third-order valence-corrected chi connectivity index (χ3v) is 4.12. The van der Waals surface area contributed by atoms with E-state index >= 15 is 0 Å². The number of hydrogen-bond donors (Lipinski definition) is 1.